The van der Waals surface area contributed by atoms with Gasteiger partial charge in [0.15, 0.2) is 0 Å². The summed E-state index contributed by atoms with van der Waals surface area (Å²) in [5, 5.41) is 9.68. The van der Waals surface area contributed by atoms with Gasteiger partial charge in [0, 0.05) is 5.56 Å². The molecule has 2 aliphatic rings. The summed E-state index contributed by atoms with van der Waals surface area (Å²) in [5.41, 5.74) is 10.0. The van der Waals surface area contributed by atoms with Crippen LogP contribution in [0.1, 0.15) is 24.8 Å². The summed E-state index contributed by atoms with van der Waals surface area (Å²) < 4.78 is 0. The number of urea groups is 1. The summed E-state index contributed by atoms with van der Waals surface area (Å²) in [4.78, 5) is 13.3. The van der Waals surface area contributed by atoms with Gasteiger partial charge in [-0.05, 0) is 36.5 Å². The van der Waals surface area contributed by atoms with Crippen molar-refractivity contribution in [2.75, 3.05) is 11.5 Å². The van der Waals surface area contributed by atoms with Crippen molar-refractivity contribution in [2.24, 2.45) is 5.73 Å². The number of carbonyl (C=O) groups is 1. The Morgan fingerprint density at radius 1 is 1.37 bits per heavy atom. The highest BCUT2D eigenvalue weighted by Gasteiger charge is 2.31. The van der Waals surface area contributed by atoms with Crippen LogP contribution < -0.4 is 10.6 Å². The number of para-hydroxylation sites is 1. The van der Waals surface area contributed by atoms with E-state index in [1.54, 1.807) is 4.90 Å². The lowest BCUT2D eigenvalue weighted by Gasteiger charge is -2.35. The first-order valence-electron chi connectivity index (χ1n) is 6.46. The molecule has 98 valence electrons. The molecule has 0 unspecified atom stereocenters. The molecule has 3 N–H and O–H groups in total. The average molecular weight is 256 g/mol. The van der Waals surface area contributed by atoms with Crippen LogP contribution in [0.2, 0.25) is 0 Å². The molecule has 0 bridgehead atoms. The van der Waals surface area contributed by atoms with Gasteiger partial charge in [0.05, 0.1) is 18.0 Å². The predicted octanol–water partition coefficient (Wildman–Crippen LogP) is 2.40. The monoisotopic (exact) mass is 256 g/mol. The highest BCUT2D eigenvalue weighted by molar-refractivity contribution is 6.02. The maximum absolute atomic E-state index is 11.8. The topological polar surface area (TPSA) is 66.6 Å². The summed E-state index contributed by atoms with van der Waals surface area (Å²) in [5.74, 6) is 0. The summed E-state index contributed by atoms with van der Waals surface area (Å²) in [7, 11) is 0. The molecule has 1 aliphatic carbocycles. The van der Waals surface area contributed by atoms with Crippen LogP contribution in [0.25, 0.3) is 5.57 Å². The zero-order valence-electron chi connectivity index (χ0n) is 10.6. The van der Waals surface area contributed by atoms with Crippen LogP contribution in [0.4, 0.5) is 10.5 Å². The summed E-state index contributed by atoms with van der Waals surface area (Å²) in [6.45, 7) is -0.0176. The molecule has 1 aromatic rings. The minimum absolute atomic E-state index is 0.0176. The maximum Gasteiger partial charge on any atom is 0.323 e. The van der Waals surface area contributed by atoms with Crippen molar-refractivity contribution >= 4 is 17.3 Å². The highest BCUT2D eigenvalue weighted by atomic mass is 16.3. The molecule has 0 fully saturated rings. The van der Waals surface area contributed by atoms with E-state index in [-0.39, 0.29) is 6.61 Å². The molecule has 0 saturated heterocycles. The average Bonchev–Trinajstić information content (AvgIpc) is 2.44. The van der Waals surface area contributed by atoms with E-state index in [4.69, 9.17) is 5.73 Å². The van der Waals surface area contributed by atoms with Crippen LogP contribution in [0.5, 0.6) is 0 Å². The Balaban J connectivity index is 2.29. The van der Waals surface area contributed by atoms with Gasteiger partial charge in [-0.15, -0.1) is 0 Å². The number of nitrogens with zero attached hydrogens (tertiary/aromatic N) is 1. The lowest BCUT2D eigenvalue weighted by molar-refractivity contribution is 0.255. The lowest BCUT2D eigenvalue weighted by Crippen LogP contribution is -2.39. The summed E-state index contributed by atoms with van der Waals surface area (Å²) >= 11 is 0. The summed E-state index contributed by atoms with van der Waals surface area (Å²) in [6.07, 6.45) is 4.88. The Morgan fingerprint density at radius 3 is 2.89 bits per heavy atom. The number of nitrogens with two attached hydrogens (primary N) is 1. The Bertz CT molecular complexity index is 602. The van der Waals surface area contributed by atoms with Gasteiger partial charge in [0.2, 0.25) is 0 Å². The van der Waals surface area contributed by atoms with Crippen LogP contribution in [0.15, 0.2) is 41.6 Å². The second kappa shape index (κ2) is 4.55. The second-order valence-corrected chi connectivity index (χ2v) is 4.79. The Hall–Kier alpha value is -2.07. The van der Waals surface area contributed by atoms with E-state index in [0.29, 0.717) is 0 Å². The van der Waals surface area contributed by atoms with Gasteiger partial charge >= 0.3 is 6.03 Å². The summed E-state index contributed by atoms with van der Waals surface area (Å²) in [6, 6.07) is 7.09. The first kappa shape index (κ1) is 12.0. The Kier molecular flexibility index (Phi) is 2.87. The molecular weight excluding hydrogens is 240 g/mol. The van der Waals surface area contributed by atoms with E-state index >= 15 is 0 Å². The number of benzene rings is 1. The molecule has 3 rings (SSSR count). The molecule has 2 amide bonds. The fourth-order valence-electron chi connectivity index (χ4n) is 2.93. The zero-order valence-corrected chi connectivity index (χ0v) is 10.6. The molecule has 4 nitrogen and oxygen atoms in total. The zero-order chi connectivity index (χ0) is 13.4. The molecule has 1 heterocycles. The van der Waals surface area contributed by atoms with Crippen molar-refractivity contribution in [1.82, 2.24) is 0 Å². The van der Waals surface area contributed by atoms with Gasteiger partial charge in [-0.2, -0.15) is 0 Å². The number of aliphatic hydroxyl groups is 1. The number of primary amides is 1. The first-order chi connectivity index (χ1) is 9.24. The van der Waals surface area contributed by atoms with Crippen molar-refractivity contribution < 1.29 is 9.90 Å². The minimum atomic E-state index is -0.477. The van der Waals surface area contributed by atoms with Gasteiger partial charge in [-0.25, -0.2) is 4.79 Å². The third-order valence-electron chi connectivity index (χ3n) is 3.73. The smallest absolute Gasteiger partial charge is 0.323 e. The van der Waals surface area contributed by atoms with Gasteiger partial charge < -0.3 is 10.8 Å². The van der Waals surface area contributed by atoms with E-state index in [9.17, 15) is 9.90 Å². The molecule has 1 aromatic carbocycles. The second-order valence-electron chi connectivity index (χ2n) is 4.79. The largest absolute Gasteiger partial charge is 0.392 e. The number of hydrogen-bond acceptors (Lipinski definition) is 2. The van der Waals surface area contributed by atoms with E-state index in [1.807, 2.05) is 30.3 Å². The highest BCUT2D eigenvalue weighted by Crippen LogP contribution is 2.43. The van der Waals surface area contributed by atoms with Crippen molar-refractivity contribution in [3.63, 3.8) is 0 Å². The minimum Gasteiger partial charge on any atom is -0.392 e. The van der Waals surface area contributed by atoms with E-state index in [1.165, 1.54) is 0 Å². The fourth-order valence-corrected chi connectivity index (χ4v) is 2.93. The van der Waals surface area contributed by atoms with Crippen LogP contribution in [-0.4, -0.2) is 17.7 Å². The lowest BCUT2D eigenvalue weighted by atomic mass is 9.85. The van der Waals surface area contributed by atoms with Gasteiger partial charge in [0.25, 0.3) is 0 Å². The van der Waals surface area contributed by atoms with Crippen LogP contribution in [0.3, 0.4) is 0 Å². The number of amides is 2. The standard InChI is InChI=1S/C15H16N2O2/c16-15(19)17-13-7-3-1-5-10(13)12(9-18)11-6-2-4-8-14(11)17/h1,3,5,7-8,18H,2,4,6,9H2,(H2,16,19). The molecule has 19 heavy (non-hydrogen) atoms. The predicted molar refractivity (Wildman–Crippen MR) is 74.4 cm³/mol. The van der Waals surface area contributed by atoms with E-state index in [0.717, 1.165) is 47.4 Å². The van der Waals surface area contributed by atoms with Crippen LogP contribution in [0, 0.1) is 0 Å². The fraction of sp³-hybridized carbons (Fsp3) is 0.267. The van der Waals surface area contributed by atoms with E-state index in [2.05, 4.69) is 0 Å². The third-order valence-corrected chi connectivity index (χ3v) is 3.73. The van der Waals surface area contributed by atoms with Crippen LogP contribution in [-0.2, 0) is 0 Å². The Labute approximate surface area is 111 Å². The van der Waals surface area contributed by atoms with Gasteiger partial charge in [-0.3, -0.25) is 4.90 Å². The van der Waals surface area contributed by atoms with Gasteiger partial charge in [-0.1, -0.05) is 24.3 Å². The number of rotatable bonds is 1. The molecule has 0 spiro atoms. The van der Waals surface area contributed by atoms with E-state index < -0.39 is 6.03 Å². The normalized spacial score (nSPS) is 17.7. The molecule has 0 radical (unpaired) electrons. The molecule has 0 atom stereocenters. The first-order valence-corrected chi connectivity index (χ1v) is 6.46. The van der Waals surface area contributed by atoms with Crippen molar-refractivity contribution in [3.8, 4) is 0 Å². The number of fused-ring (bicyclic) bond motifs is 2. The number of anilines is 1. The number of carbonyl (C=O) groups excluding carboxylic acids is 1. The molecule has 4 heteroatoms. The molecule has 0 aromatic heterocycles. The van der Waals surface area contributed by atoms with Crippen LogP contribution >= 0.6 is 0 Å². The SMILES string of the molecule is NC(=O)N1C2=CCCCC2=C(CO)c2ccccc21. The maximum atomic E-state index is 11.8. The molecule has 0 saturated carbocycles. The van der Waals surface area contributed by atoms with Gasteiger partial charge in [0.1, 0.15) is 0 Å². The van der Waals surface area contributed by atoms with Crippen molar-refractivity contribution in [3.05, 3.63) is 47.2 Å². The Morgan fingerprint density at radius 2 is 2.16 bits per heavy atom. The molecular formula is C15H16N2O2. The number of hydrogen-bond donors (Lipinski definition) is 2. The third kappa shape index (κ3) is 1.76. The molecule has 1 aliphatic heterocycles. The number of aliphatic hydroxyl groups excluding tert-OH is 1. The number of allylic oxidation sites excluding steroid dienone is 2. The van der Waals surface area contributed by atoms with Crippen molar-refractivity contribution in [2.45, 2.75) is 19.3 Å². The van der Waals surface area contributed by atoms with Crippen molar-refractivity contribution in [1.29, 1.82) is 0 Å². The quantitative estimate of drug-likeness (QED) is 0.810.